The molecule has 1 aliphatic heterocycles. The lowest BCUT2D eigenvalue weighted by molar-refractivity contribution is 0.556. The summed E-state index contributed by atoms with van der Waals surface area (Å²) < 4.78 is 0. The van der Waals surface area contributed by atoms with Crippen LogP contribution >= 0.6 is 0 Å². The molecule has 0 unspecified atom stereocenters. The number of benzene rings is 1. The van der Waals surface area contributed by atoms with Gasteiger partial charge in [0, 0.05) is 31.4 Å². The second-order valence-corrected chi connectivity index (χ2v) is 6.52. The SMILES string of the molecule is Cc1cc(N2CCCCCCC2)ccc1CNC1CC1. The van der Waals surface area contributed by atoms with Crippen molar-refractivity contribution in [3.63, 3.8) is 0 Å². The van der Waals surface area contributed by atoms with E-state index < -0.39 is 0 Å². The first-order valence-electron chi connectivity index (χ1n) is 8.41. The summed E-state index contributed by atoms with van der Waals surface area (Å²) in [6.07, 6.45) is 9.67. The number of hydrogen-bond acceptors (Lipinski definition) is 2. The van der Waals surface area contributed by atoms with Gasteiger partial charge in [-0.3, -0.25) is 0 Å². The number of aryl methyl sites for hydroxylation is 1. The molecule has 1 saturated heterocycles. The smallest absolute Gasteiger partial charge is 0.0369 e. The third-order valence-electron chi connectivity index (χ3n) is 4.71. The second-order valence-electron chi connectivity index (χ2n) is 6.52. The third kappa shape index (κ3) is 3.76. The van der Waals surface area contributed by atoms with Crippen molar-refractivity contribution in [2.45, 2.75) is 64.5 Å². The van der Waals surface area contributed by atoms with Gasteiger partial charge in [0.15, 0.2) is 0 Å². The molecule has 0 aromatic heterocycles. The van der Waals surface area contributed by atoms with Crippen molar-refractivity contribution in [1.29, 1.82) is 0 Å². The molecule has 1 N–H and O–H groups in total. The Morgan fingerprint density at radius 2 is 1.75 bits per heavy atom. The first kappa shape index (κ1) is 13.9. The largest absolute Gasteiger partial charge is 0.372 e. The average Bonchev–Trinajstić information content (AvgIpc) is 3.21. The highest BCUT2D eigenvalue weighted by molar-refractivity contribution is 5.51. The van der Waals surface area contributed by atoms with Gasteiger partial charge >= 0.3 is 0 Å². The van der Waals surface area contributed by atoms with Crippen molar-refractivity contribution in [3.05, 3.63) is 29.3 Å². The molecule has 110 valence electrons. The highest BCUT2D eigenvalue weighted by Gasteiger charge is 2.20. The Kier molecular flexibility index (Phi) is 4.62. The zero-order chi connectivity index (χ0) is 13.8. The average molecular weight is 272 g/mol. The molecule has 2 aliphatic rings. The summed E-state index contributed by atoms with van der Waals surface area (Å²) in [5.74, 6) is 0. The normalized spacial score (nSPS) is 20.6. The summed E-state index contributed by atoms with van der Waals surface area (Å²) >= 11 is 0. The molecule has 2 fully saturated rings. The molecule has 3 rings (SSSR count). The molecular formula is C18H28N2. The van der Waals surface area contributed by atoms with E-state index in [2.05, 4.69) is 35.3 Å². The van der Waals surface area contributed by atoms with Crippen LogP contribution in [-0.2, 0) is 6.54 Å². The van der Waals surface area contributed by atoms with Crippen molar-refractivity contribution >= 4 is 5.69 Å². The Morgan fingerprint density at radius 3 is 2.40 bits per heavy atom. The number of nitrogens with zero attached hydrogens (tertiary/aromatic N) is 1. The third-order valence-corrected chi connectivity index (χ3v) is 4.71. The van der Waals surface area contributed by atoms with Gasteiger partial charge < -0.3 is 10.2 Å². The highest BCUT2D eigenvalue weighted by atomic mass is 15.1. The lowest BCUT2D eigenvalue weighted by Crippen LogP contribution is -2.27. The molecular weight excluding hydrogens is 244 g/mol. The van der Waals surface area contributed by atoms with Crippen LogP contribution in [0.2, 0.25) is 0 Å². The van der Waals surface area contributed by atoms with E-state index in [1.54, 1.807) is 0 Å². The Hall–Kier alpha value is -1.02. The minimum Gasteiger partial charge on any atom is -0.372 e. The molecule has 0 spiro atoms. The summed E-state index contributed by atoms with van der Waals surface area (Å²) in [5.41, 5.74) is 4.34. The Morgan fingerprint density at radius 1 is 1.05 bits per heavy atom. The molecule has 0 amide bonds. The van der Waals surface area contributed by atoms with Crippen molar-refractivity contribution in [2.24, 2.45) is 0 Å². The van der Waals surface area contributed by atoms with Crippen LogP contribution in [-0.4, -0.2) is 19.1 Å². The fourth-order valence-electron chi connectivity index (χ4n) is 3.12. The van der Waals surface area contributed by atoms with Crippen LogP contribution in [0.5, 0.6) is 0 Å². The lowest BCUT2D eigenvalue weighted by atomic mass is 10.0. The van der Waals surface area contributed by atoms with E-state index in [-0.39, 0.29) is 0 Å². The maximum Gasteiger partial charge on any atom is 0.0369 e. The van der Waals surface area contributed by atoms with Crippen molar-refractivity contribution in [3.8, 4) is 0 Å². The second kappa shape index (κ2) is 6.62. The van der Waals surface area contributed by atoms with Crippen LogP contribution < -0.4 is 10.2 Å². The van der Waals surface area contributed by atoms with Gasteiger partial charge in [0.2, 0.25) is 0 Å². The summed E-state index contributed by atoms with van der Waals surface area (Å²) in [7, 11) is 0. The zero-order valence-electron chi connectivity index (χ0n) is 12.8. The first-order chi connectivity index (χ1) is 9.83. The maximum atomic E-state index is 3.62. The van der Waals surface area contributed by atoms with E-state index in [0.717, 1.165) is 12.6 Å². The lowest BCUT2D eigenvalue weighted by Gasteiger charge is -2.27. The van der Waals surface area contributed by atoms with Crippen LogP contribution in [0, 0.1) is 6.92 Å². The van der Waals surface area contributed by atoms with Crippen molar-refractivity contribution in [2.75, 3.05) is 18.0 Å². The monoisotopic (exact) mass is 272 g/mol. The Bertz CT molecular complexity index is 429. The molecule has 2 nitrogen and oxygen atoms in total. The fraction of sp³-hybridized carbons (Fsp3) is 0.667. The molecule has 1 aromatic carbocycles. The number of rotatable bonds is 4. The van der Waals surface area contributed by atoms with Gasteiger partial charge in [-0.2, -0.15) is 0 Å². The maximum absolute atomic E-state index is 3.62. The van der Waals surface area contributed by atoms with Gasteiger partial charge in [0.05, 0.1) is 0 Å². The van der Waals surface area contributed by atoms with Gasteiger partial charge in [-0.15, -0.1) is 0 Å². The molecule has 0 radical (unpaired) electrons. The fourth-order valence-corrected chi connectivity index (χ4v) is 3.12. The van der Waals surface area contributed by atoms with Gasteiger partial charge in [-0.05, 0) is 55.9 Å². The summed E-state index contributed by atoms with van der Waals surface area (Å²) in [6, 6.07) is 7.85. The molecule has 1 aromatic rings. The predicted octanol–water partition coefficient (Wildman–Crippen LogP) is 4.02. The van der Waals surface area contributed by atoms with Crippen molar-refractivity contribution in [1.82, 2.24) is 5.32 Å². The van der Waals surface area contributed by atoms with E-state index in [4.69, 9.17) is 0 Å². The summed E-state index contributed by atoms with van der Waals surface area (Å²) in [4.78, 5) is 2.59. The summed E-state index contributed by atoms with van der Waals surface area (Å²) in [6.45, 7) is 5.77. The molecule has 2 heteroatoms. The number of nitrogens with one attached hydrogen (secondary N) is 1. The minimum absolute atomic E-state index is 0.795. The van der Waals surface area contributed by atoms with Gasteiger partial charge in [-0.25, -0.2) is 0 Å². The quantitative estimate of drug-likeness (QED) is 0.890. The number of anilines is 1. The van der Waals surface area contributed by atoms with Gasteiger partial charge in [-0.1, -0.05) is 25.3 Å². The van der Waals surface area contributed by atoms with Crippen LogP contribution in [0.15, 0.2) is 18.2 Å². The van der Waals surface area contributed by atoms with Gasteiger partial charge in [0.1, 0.15) is 0 Å². The zero-order valence-corrected chi connectivity index (χ0v) is 12.8. The van der Waals surface area contributed by atoms with E-state index in [0.29, 0.717) is 0 Å². The van der Waals surface area contributed by atoms with Crippen LogP contribution in [0.1, 0.15) is 56.1 Å². The van der Waals surface area contributed by atoms with E-state index in [1.165, 1.54) is 74.8 Å². The minimum atomic E-state index is 0.795. The molecule has 1 saturated carbocycles. The molecule has 1 aliphatic carbocycles. The van der Waals surface area contributed by atoms with E-state index in [1.807, 2.05) is 0 Å². The summed E-state index contributed by atoms with van der Waals surface area (Å²) in [5, 5.41) is 3.62. The van der Waals surface area contributed by atoms with E-state index in [9.17, 15) is 0 Å². The Labute approximate surface area is 123 Å². The topological polar surface area (TPSA) is 15.3 Å². The molecule has 20 heavy (non-hydrogen) atoms. The van der Waals surface area contributed by atoms with Crippen molar-refractivity contribution < 1.29 is 0 Å². The predicted molar refractivity (Wildman–Crippen MR) is 86.3 cm³/mol. The highest BCUT2D eigenvalue weighted by Crippen LogP contribution is 2.24. The van der Waals surface area contributed by atoms with E-state index >= 15 is 0 Å². The first-order valence-corrected chi connectivity index (χ1v) is 8.41. The van der Waals surface area contributed by atoms with Crippen LogP contribution in [0.3, 0.4) is 0 Å². The van der Waals surface area contributed by atoms with Crippen LogP contribution in [0.25, 0.3) is 0 Å². The molecule has 0 atom stereocenters. The standard InChI is InChI=1S/C18H28N2/c1-15-13-18(20-11-5-3-2-4-6-12-20)10-7-16(15)14-19-17-8-9-17/h7,10,13,17,19H,2-6,8-9,11-12,14H2,1H3. The molecule has 1 heterocycles. The Balaban J connectivity index is 1.64. The van der Waals surface area contributed by atoms with Crippen LogP contribution in [0.4, 0.5) is 5.69 Å². The number of hydrogen-bond donors (Lipinski definition) is 1. The molecule has 0 bridgehead atoms. The van der Waals surface area contributed by atoms with Gasteiger partial charge in [0.25, 0.3) is 0 Å².